The third-order valence-electron chi connectivity index (χ3n) is 6.61. The molecule has 6 heteroatoms. The van der Waals surface area contributed by atoms with Crippen molar-refractivity contribution in [2.45, 2.75) is 39.2 Å². The summed E-state index contributed by atoms with van der Waals surface area (Å²) < 4.78 is 5.55. The van der Waals surface area contributed by atoms with Crippen molar-refractivity contribution in [2.75, 3.05) is 37.7 Å². The van der Waals surface area contributed by atoms with E-state index in [0.717, 1.165) is 51.0 Å². The minimum atomic E-state index is -0.461. The summed E-state index contributed by atoms with van der Waals surface area (Å²) in [7, 11) is 0. The lowest BCUT2D eigenvalue weighted by molar-refractivity contribution is -0.160. The van der Waals surface area contributed by atoms with Gasteiger partial charge in [-0.2, -0.15) is 0 Å². The van der Waals surface area contributed by atoms with E-state index in [4.69, 9.17) is 4.74 Å². The lowest BCUT2D eigenvalue weighted by Gasteiger charge is -2.41. The average Bonchev–Trinajstić information content (AvgIpc) is 3.25. The number of aryl methyl sites for hydroxylation is 1. The Labute approximate surface area is 190 Å². The Hall–Kier alpha value is -2.86. The van der Waals surface area contributed by atoms with Crippen molar-refractivity contribution in [2.24, 2.45) is 5.41 Å². The number of urea groups is 1. The highest BCUT2D eigenvalue weighted by Gasteiger charge is 2.43. The van der Waals surface area contributed by atoms with E-state index in [1.54, 1.807) is 4.90 Å². The molecule has 0 bridgehead atoms. The molecular formula is C26H33N3O3. The predicted octanol–water partition coefficient (Wildman–Crippen LogP) is 3.99. The van der Waals surface area contributed by atoms with Crippen LogP contribution >= 0.6 is 0 Å². The highest BCUT2D eigenvalue weighted by Crippen LogP contribution is 2.37. The molecule has 0 aromatic heterocycles. The van der Waals surface area contributed by atoms with Crippen LogP contribution in [0.4, 0.5) is 10.5 Å². The molecule has 2 aromatic rings. The third-order valence-corrected chi connectivity index (χ3v) is 6.61. The number of benzene rings is 2. The maximum atomic E-state index is 13.1. The summed E-state index contributed by atoms with van der Waals surface area (Å²) in [5.41, 5.74) is 2.91. The van der Waals surface area contributed by atoms with Crippen LogP contribution in [-0.4, -0.2) is 49.7 Å². The van der Waals surface area contributed by atoms with Crippen molar-refractivity contribution >= 4 is 17.7 Å². The van der Waals surface area contributed by atoms with Crippen LogP contribution in [0.15, 0.2) is 54.6 Å². The summed E-state index contributed by atoms with van der Waals surface area (Å²) in [6.45, 7) is 6.17. The van der Waals surface area contributed by atoms with Gasteiger partial charge in [0.05, 0.1) is 12.0 Å². The second kappa shape index (κ2) is 10.2. The van der Waals surface area contributed by atoms with E-state index in [9.17, 15) is 9.59 Å². The van der Waals surface area contributed by atoms with E-state index in [-0.39, 0.29) is 12.0 Å². The molecular weight excluding hydrogens is 402 g/mol. The molecule has 2 saturated heterocycles. The van der Waals surface area contributed by atoms with Gasteiger partial charge in [-0.3, -0.25) is 14.6 Å². The normalized spacial score (nSPS) is 21.4. The molecule has 0 radical (unpaired) electrons. The van der Waals surface area contributed by atoms with E-state index in [2.05, 4.69) is 46.6 Å². The van der Waals surface area contributed by atoms with Gasteiger partial charge >= 0.3 is 12.0 Å². The van der Waals surface area contributed by atoms with E-state index < -0.39 is 5.41 Å². The molecule has 1 unspecified atom stereocenters. The highest BCUT2D eigenvalue weighted by molar-refractivity contribution is 5.93. The number of esters is 1. The maximum Gasteiger partial charge on any atom is 0.321 e. The number of piperidine rings is 1. The van der Waals surface area contributed by atoms with Gasteiger partial charge in [0.25, 0.3) is 0 Å². The molecule has 1 N–H and O–H groups in total. The van der Waals surface area contributed by atoms with Crippen molar-refractivity contribution < 1.29 is 14.3 Å². The monoisotopic (exact) mass is 435 g/mol. The van der Waals surface area contributed by atoms with Crippen LogP contribution in [-0.2, 0) is 22.5 Å². The molecule has 32 heavy (non-hydrogen) atoms. The summed E-state index contributed by atoms with van der Waals surface area (Å²) in [6.07, 6.45) is 3.53. The van der Waals surface area contributed by atoms with Gasteiger partial charge in [-0.1, -0.05) is 42.5 Å². The Bertz CT molecular complexity index is 916. The topological polar surface area (TPSA) is 61.9 Å². The molecule has 0 spiro atoms. The molecule has 2 fully saturated rings. The van der Waals surface area contributed by atoms with Crippen LogP contribution in [0.2, 0.25) is 0 Å². The molecule has 0 aliphatic carbocycles. The first kappa shape index (κ1) is 22.3. The second-order valence-electron chi connectivity index (χ2n) is 8.85. The van der Waals surface area contributed by atoms with Gasteiger partial charge in [0.1, 0.15) is 0 Å². The Morgan fingerprint density at radius 1 is 1.06 bits per heavy atom. The van der Waals surface area contributed by atoms with E-state index in [1.165, 1.54) is 11.1 Å². The molecule has 6 nitrogen and oxygen atoms in total. The number of rotatable bonds is 8. The summed E-state index contributed by atoms with van der Waals surface area (Å²) in [4.78, 5) is 29.1. The van der Waals surface area contributed by atoms with Crippen LogP contribution in [0, 0.1) is 5.41 Å². The van der Waals surface area contributed by atoms with Crippen molar-refractivity contribution in [3.8, 4) is 0 Å². The van der Waals surface area contributed by atoms with Crippen LogP contribution in [0.25, 0.3) is 0 Å². The number of carbonyl (C=O) groups is 2. The predicted molar refractivity (Wildman–Crippen MR) is 126 cm³/mol. The molecule has 0 saturated carbocycles. The second-order valence-corrected chi connectivity index (χ2v) is 8.85. The molecule has 170 valence electrons. The number of hydrogen-bond donors (Lipinski definition) is 1. The fraction of sp³-hybridized carbons (Fsp3) is 0.462. The Morgan fingerprint density at radius 3 is 2.53 bits per heavy atom. The van der Waals surface area contributed by atoms with Crippen LogP contribution in [0.1, 0.15) is 37.3 Å². The van der Waals surface area contributed by atoms with Gasteiger partial charge in [-0.15, -0.1) is 0 Å². The summed E-state index contributed by atoms with van der Waals surface area (Å²) >= 11 is 0. The van der Waals surface area contributed by atoms with Crippen molar-refractivity contribution in [1.29, 1.82) is 0 Å². The summed E-state index contributed by atoms with van der Waals surface area (Å²) in [6, 6.07) is 18.5. The first-order valence-corrected chi connectivity index (χ1v) is 11.7. The molecule has 2 amide bonds. The number of carbonyl (C=O) groups excluding carboxylic acids is 2. The Morgan fingerprint density at radius 2 is 1.84 bits per heavy atom. The highest BCUT2D eigenvalue weighted by atomic mass is 16.5. The van der Waals surface area contributed by atoms with Gasteiger partial charge in [0.2, 0.25) is 0 Å². The van der Waals surface area contributed by atoms with E-state index in [0.29, 0.717) is 19.7 Å². The standard InChI is InChI=1S/C26H33N3O3/c1-2-32-24(30)26(15-13-21-7-4-3-5-8-21)14-6-17-28(20-26)19-22-9-11-23(12-10-22)29-18-16-27-25(29)31/h3-5,7-12H,2,6,13-20H2,1H3,(H,27,31). The van der Waals surface area contributed by atoms with Crippen molar-refractivity contribution in [3.63, 3.8) is 0 Å². The average molecular weight is 436 g/mol. The zero-order chi connectivity index (χ0) is 22.4. The van der Waals surface area contributed by atoms with Gasteiger partial charge in [0.15, 0.2) is 0 Å². The molecule has 1 atom stereocenters. The van der Waals surface area contributed by atoms with Crippen molar-refractivity contribution in [1.82, 2.24) is 10.2 Å². The molecule has 2 aliphatic rings. The lowest BCUT2D eigenvalue weighted by atomic mass is 9.75. The van der Waals surface area contributed by atoms with Crippen LogP contribution in [0.5, 0.6) is 0 Å². The van der Waals surface area contributed by atoms with E-state index in [1.807, 2.05) is 25.1 Å². The van der Waals surface area contributed by atoms with Gasteiger partial charge in [-0.25, -0.2) is 4.79 Å². The molecule has 2 heterocycles. The Kier molecular flexibility index (Phi) is 7.10. The zero-order valence-electron chi connectivity index (χ0n) is 18.9. The molecule has 2 aromatic carbocycles. The number of likely N-dealkylation sites (tertiary alicyclic amines) is 1. The first-order chi connectivity index (χ1) is 15.6. The minimum absolute atomic E-state index is 0.0357. The quantitative estimate of drug-likeness (QED) is 0.637. The molecule has 2 aliphatic heterocycles. The third kappa shape index (κ3) is 5.13. The number of hydrogen-bond acceptors (Lipinski definition) is 4. The smallest absolute Gasteiger partial charge is 0.321 e. The number of nitrogens with one attached hydrogen (secondary N) is 1. The number of nitrogens with zero attached hydrogens (tertiary/aromatic N) is 2. The lowest BCUT2D eigenvalue weighted by Crippen LogP contribution is -2.48. The van der Waals surface area contributed by atoms with Crippen LogP contribution < -0.4 is 10.2 Å². The van der Waals surface area contributed by atoms with Crippen molar-refractivity contribution in [3.05, 3.63) is 65.7 Å². The zero-order valence-corrected chi connectivity index (χ0v) is 18.9. The largest absolute Gasteiger partial charge is 0.466 e. The van der Waals surface area contributed by atoms with Crippen LogP contribution in [0.3, 0.4) is 0 Å². The summed E-state index contributed by atoms with van der Waals surface area (Å²) in [5.74, 6) is -0.0592. The van der Waals surface area contributed by atoms with Gasteiger partial charge in [-0.05, 0) is 62.4 Å². The SMILES string of the molecule is CCOC(=O)C1(CCc2ccccc2)CCCN(Cc2ccc(N3CCNC3=O)cc2)C1. The molecule has 4 rings (SSSR count). The fourth-order valence-electron chi connectivity index (χ4n) is 4.90. The maximum absolute atomic E-state index is 13.1. The Balaban J connectivity index is 1.43. The minimum Gasteiger partial charge on any atom is -0.466 e. The van der Waals surface area contributed by atoms with Gasteiger partial charge in [0, 0.05) is 31.9 Å². The number of anilines is 1. The van der Waals surface area contributed by atoms with Gasteiger partial charge < -0.3 is 10.1 Å². The number of amides is 2. The number of ether oxygens (including phenoxy) is 1. The summed E-state index contributed by atoms with van der Waals surface area (Å²) in [5, 5.41) is 2.84. The fourth-order valence-corrected chi connectivity index (χ4v) is 4.90. The van der Waals surface area contributed by atoms with E-state index >= 15 is 0 Å². The first-order valence-electron chi connectivity index (χ1n) is 11.7.